The molecule has 0 spiro atoms. The van der Waals surface area contributed by atoms with Crippen LogP contribution in [0.5, 0.6) is 0 Å². The molecule has 0 aromatic heterocycles. The molecule has 0 aliphatic carbocycles. The summed E-state index contributed by atoms with van der Waals surface area (Å²) in [5.41, 5.74) is 0. The first-order valence-electron chi connectivity index (χ1n) is 3.96. The third-order valence-electron chi connectivity index (χ3n) is 2.12. The first-order chi connectivity index (χ1) is 5.46. The van der Waals surface area contributed by atoms with Gasteiger partial charge in [-0.25, -0.2) is 8.42 Å². The average molecular weight is 191 g/mol. The lowest BCUT2D eigenvalue weighted by atomic mass is 10.0. The quantitative estimate of drug-likeness (QED) is 0.631. The van der Waals surface area contributed by atoms with Crippen molar-refractivity contribution >= 4 is 15.8 Å². The minimum absolute atomic E-state index is 0.0201. The van der Waals surface area contributed by atoms with Crippen LogP contribution in [-0.4, -0.2) is 37.3 Å². The van der Waals surface area contributed by atoms with Crippen molar-refractivity contribution in [3.8, 4) is 0 Å². The number of carbonyl (C=O) groups is 1. The lowest BCUT2D eigenvalue weighted by Crippen LogP contribution is -2.54. The summed E-state index contributed by atoms with van der Waals surface area (Å²) in [7, 11) is -3.16. The zero-order valence-electron chi connectivity index (χ0n) is 7.28. The van der Waals surface area contributed by atoms with Crippen LogP contribution in [0.25, 0.3) is 0 Å². The molecule has 0 saturated carbocycles. The van der Waals surface area contributed by atoms with E-state index >= 15 is 0 Å². The molecule has 1 atom stereocenters. The second kappa shape index (κ2) is 3.14. The predicted octanol–water partition coefficient (Wildman–Crippen LogP) is -0.000600. The van der Waals surface area contributed by atoms with Crippen molar-refractivity contribution in [2.45, 2.75) is 25.8 Å². The van der Waals surface area contributed by atoms with Crippen LogP contribution in [0, 0.1) is 0 Å². The van der Waals surface area contributed by atoms with Crippen molar-refractivity contribution in [2.24, 2.45) is 0 Å². The SMILES string of the molecule is CCC(=O)C1CCN1S(C)(=O)=O. The number of Topliss-reactive ketones (excluding diaryl/α,β-unsaturated/α-hetero) is 1. The van der Waals surface area contributed by atoms with E-state index in [0.29, 0.717) is 19.4 Å². The lowest BCUT2D eigenvalue weighted by Gasteiger charge is -2.37. The van der Waals surface area contributed by atoms with Gasteiger partial charge in [-0.3, -0.25) is 4.79 Å². The van der Waals surface area contributed by atoms with Crippen molar-refractivity contribution in [1.29, 1.82) is 0 Å². The van der Waals surface area contributed by atoms with Gasteiger partial charge in [0.25, 0.3) is 0 Å². The summed E-state index contributed by atoms with van der Waals surface area (Å²) in [5.74, 6) is 0.0201. The first kappa shape index (κ1) is 9.67. The van der Waals surface area contributed by atoms with Crippen molar-refractivity contribution < 1.29 is 13.2 Å². The Kier molecular flexibility index (Phi) is 2.53. The van der Waals surface area contributed by atoms with Gasteiger partial charge in [-0.2, -0.15) is 4.31 Å². The number of hydrogen-bond acceptors (Lipinski definition) is 3. The maximum Gasteiger partial charge on any atom is 0.211 e. The highest BCUT2D eigenvalue weighted by atomic mass is 32.2. The molecule has 1 saturated heterocycles. The molecular formula is C7H13NO3S. The molecule has 4 nitrogen and oxygen atoms in total. The first-order valence-corrected chi connectivity index (χ1v) is 5.81. The van der Waals surface area contributed by atoms with E-state index in [1.807, 2.05) is 0 Å². The smallest absolute Gasteiger partial charge is 0.211 e. The Hall–Kier alpha value is -0.420. The Balaban J connectivity index is 2.68. The molecule has 0 aromatic carbocycles. The fourth-order valence-electron chi connectivity index (χ4n) is 1.32. The monoisotopic (exact) mass is 191 g/mol. The van der Waals surface area contributed by atoms with Crippen LogP contribution in [0.3, 0.4) is 0 Å². The average Bonchev–Trinajstić information content (AvgIpc) is 1.80. The van der Waals surface area contributed by atoms with Gasteiger partial charge < -0.3 is 0 Å². The summed E-state index contributed by atoms with van der Waals surface area (Å²) < 4.78 is 23.3. The van der Waals surface area contributed by atoms with Crippen molar-refractivity contribution in [3.63, 3.8) is 0 Å². The van der Waals surface area contributed by atoms with Gasteiger partial charge >= 0.3 is 0 Å². The number of ketones is 1. The third-order valence-corrected chi connectivity index (χ3v) is 3.41. The largest absolute Gasteiger partial charge is 0.298 e. The molecule has 70 valence electrons. The summed E-state index contributed by atoms with van der Waals surface area (Å²) in [5, 5.41) is 0. The molecule has 0 N–H and O–H groups in total. The lowest BCUT2D eigenvalue weighted by molar-refractivity contribution is -0.125. The van der Waals surface area contributed by atoms with Crippen LogP contribution in [0.4, 0.5) is 0 Å². The summed E-state index contributed by atoms with van der Waals surface area (Å²) in [6.07, 6.45) is 2.23. The van der Waals surface area contributed by atoms with Gasteiger partial charge in [-0.15, -0.1) is 0 Å². The van der Waals surface area contributed by atoms with E-state index in [1.54, 1.807) is 6.92 Å². The number of rotatable bonds is 3. The van der Waals surface area contributed by atoms with Crippen molar-refractivity contribution in [2.75, 3.05) is 12.8 Å². The molecule has 0 amide bonds. The van der Waals surface area contributed by atoms with Crippen LogP contribution in [0.15, 0.2) is 0 Å². The fourth-order valence-corrected chi connectivity index (χ4v) is 2.44. The molecule has 5 heteroatoms. The van der Waals surface area contributed by atoms with E-state index in [9.17, 15) is 13.2 Å². The number of hydrogen-bond donors (Lipinski definition) is 0. The Morgan fingerprint density at radius 1 is 1.58 bits per heavy atom. The maximum absolute atomic E-state index is 11.1. The van der Waals surface area contributed by atoms with Crippen LogP contribution >= 0.6 is 0 Å². The van der Waals surface area contributed by atoms with Gasteiger partial charge in [0.15, 0.2) is 5.78 Å². The second-order valence-corrected chi connectivity index (χ2v) is 4.93. The third kappa shape index (κ3) is 1.67. The molecule has 1 rings (SSSR count). The van der Waals surface area contributed by atoms with Gasteiger partial charge in [-0.05, 0) is 6.42 Å². The molecule has 0 bridgehead atoms. The van der Waals surface area contributed by atoms with E-state index in [2.05, 4.69) is 0 Å². The highest BCUT2D eigenvalue weighted by molar-refractivity contribution is 7.88. The van der Waals surface area contributed by atoms with E-state index in [-0.39, 0.29) is 11.8 Å². The van der Waals surface area contributed by atoms with Gasteiger partial charge in [-0.1, -0.05) is 6.92 Å². The molecule has 0 aromatic rings. The molecule has 0 radical (unpaired) electrons. The summed E-state index contributed by atoms with van der Waals surface area (Å²) in [6, 6.07) is -0.370. The van der Waals surface area contributed by atoms with E-state index in [4.69, 9.17) is 0 Å². The number of sulfonamides is 1. The van der Waals surface area contributed by atoms with Gasteiger partial charge in [0.1, 0.15) is 0 Å². The number of carbonyl (C=O) groups excluding carboxylic acids is 1. The van der Waals surface area contributed by atoms with Crippen LogP contribution < -0.4 is 0 Å². The topological polar surface area (TPSA) is 54.5 Å². The van der Waals surface area contributed by atoms with Crippen LogP contribution in [0.1, 0.15) is 19.8 Å². The minimum atomic E-state index is -3.16. The molecule has 1 fully saturated rings. The second-order valence-electron chi connectivity index (χ2n) is 3.00. The molecule has 1 aliphatic rings. The van der Waals surface area contributed by atoms with E-state index in [0.717, 1.165) is 6.26 Å². The zero-order valence-corrected chi connectivity index (χ0v) is 8.10. The molecule has 1 heterocycles. The molecular weight excluding hydrogens is 178 g/mol. The fraction of sp³-hybridized carbons (Fsp3) is 0.857. The Bertz CT molecular complexity index is 283. The van der Waals surface area contributed by atoms with E-state index in [1.165, 1.54) is 4.31 Å². The van der Waals surface area contributed by atoms with Crippen molar-refractivity contribution in [3.05, 3.63) is 0 Å². The summed E-state index contributed by atoms with van der Waals surface area (Å²) in [6.45, 7) is 2.25. The highest BCUT2D eigenvalue weighted by Gasteiger charge is 2.38. The van der Waals surface area contributed by atoms with Gasteiger partial charge in [0, 0.05) is 13.0 Å². The molecule has 1 unspecified atom stereocenters. The maximum atomic E-state index is 11.1. The highest BCUT2D eigenvalue weighted by Crippen LogP contribution is 2.22. The minimum Gasteiger partial charge on any atom is -0.298 e. The van der Waals surface area contributed by atoms with Crippen LogP contribution in [-0.2, 0) is 14.8 Å². The molecule has 1 aliphatic heterocycles. The standard InChI is InChI=1S/C7H13NO3S/c1-3-7(9)6-4-5-8(6)12(2,10)11/h6H,3-5H2,1-2H3. The predicted molar refractivity (Wildman–Crippen MR) is 45.3 cm³/mol. The van der Waals surface area contributed by atoms with Crippen LogP contribution in [0.2, 0.25) is 0 Å². The Morgan fingerprint density at radius 2 is 2.17 bits per heavy atom. The number of nitrogens with zero attached hydrogens (tertiary/aromatic N) is 1. The Morgan fingerprint density at radius 3 is 2.42 bits per heavy atom. The van der Waals surface area contributed by atoms with Crippen molar-refractivity contribution in [1.82, 2.24) is 4.31 Å². The zero-order chi connectivity index (χ0) is 9.35. The summed E-state index contributed by atoms with van der Waals surface area (Å²) in [4.78, 5) is 11.1. The van der Waals surface area contributed by atoms with Gasteiger partial charge in [0.2, 0.25) is 10.0 Å². The summed E-state index contributed by atoms with van der Waals surface area (Å²) >= 11 is 0. The normalized spacial score (nSPS) is 25.0. The van der Waals surface area contributed by atoms with Gasteiger partial charge in [0.05, 0.1) is 12.3 Å². The molecule has 12 heavy (non-hydrogen) atoms. The Labute approximate surface area is 72.6 Å². The van der Waals surface area contributed by atoms with E-state index < -0.39 is 10.0 Å².